The van der Waals surface area contributed by atoms with Gasteiger partial charge in [0.05, 0.1) is 4.90 Å². The monoisotopic (exact) mass is 254 g/mol. The standard InChI is InChI=1S/C12H18N2O2S/c1-4-5-10(3)14-17(15,16)11-7-6-9(2)12(13)8-11/h4,6-8,10,14H,1,5,13H2,2-3H3. The Morgan fingerprint density at radius 3 is 2.71 bits per heavy atom. The third-order valence-electron chi connectivity index (χ3n) is 2.44. The van der Waals surface area contributed by atoms with Gasteiger partial charge in [-0.2, -0.15) is 0 Å². The quantitative estimate of drug-likeness (QED) is 0.622. The first-order valence-electron chi connectivity index (χ1n) is 5.36. The molecule has 4 nitrogen and oxygen atoms in total. The van der Waals surface area contributed by atoms with Crippen molar-refractivity contribution < 1.29 is 8.42 Å². The third-order valence-corrected chi connectivity index (χ3v) is 4.02. The van der Waals surface area contributed by atoms with E-state index in [0.717, 1.165) is 5.56 Å². The van der Waals surface area contributed by atoms with Crippen molar-refractivity contribution in [1.29, 1.82) is 0 Å². The largest absolute Gasteiger partial charge is 0.398 e. The second-order valence-corrected chi connectivity index (χ2v) is 5.78. The summed E-state index contributed by atoms with van der Waals surface area (Å²) in [6.07, 6.45) is 2.26. The lowest BCUT2D eigenvalue weighted by Gasteiger charge is -2.13. The summed E-state index contributed by atoms with van der Waals surface area (Å²) in [5, 5.41) is 0. The Hall–Kier alpha value is -1.33. The molecule has 1 rings (SSSR count). The van der Waals surface area contributed by atoms with Crippen LogP contribution < -0.4 is 10.5 Å². The fourth-order valence-electron chi connectivity index (χ4n) is 1.42. The SMILES string of the molecule is C=CCC(C)NS(=O)(=O)c1ccc(C)c(N)c1. The van der Waals surface area contributed by atoms with Gasteiger partial charge >= 0.3 is 0 Å². The number of rotatable bonds is 5. The Morgan fingerprint density at radius 1 is 1.53 bits per heavy atom. The van der Waals surface area contributed by atoms with Gasteiger partial charge in [-0.05, 0) is 38.0 Å². The molecule has 0 heterocycles. The zero-order valence-electron chi connectivity index (χ0n) is 10.1. The number of nitrogens with one attached hydrogen (secondary N) is 1. The normalized spacial score (nSPS) is 13.3. The number of hydrogen-bond acceptors (Lipinski definition) is 3. The number of nitrogen functional groups attached to an aromatic ring is 1. The zero-order chi connectivity index (χ0) is 13.1. The molecule has 0 amide bonds. The van der Waals surface area contributed by atoms with Crippen LogP contribution in [-0.4, -0.2) is 14.5 Å². The highest BCUT2D eigenvalue weighted by Crippen LogP contribution is 2.17. The van der Waals surface area contributed by atoms with E-state index in [4.69, 9.17) is 5.73 Å². The number of sulfonamides is 1. The lowest BCUT2D eigenvalue weighted by atomic mass is 10.2. The van der Waals surface area contributed by atoms with Crippen LogP contribution >= 0.6 is 0 Å². The van der Waals surface area contributed by atoms with Gasteiger partial charge in [0.15, 0.2) is 0 Å². The average Bonchev–Trinajstić information content (AvgIpc) is 2.21. The van der Waals surface area contributed by atoms with Crippen molar-refractivity contribution >= 4 is 15.7 Å². The van der Waals surface area contributed by atoms with Gasteiger partial charge in [0.25, 0.3) is 0 Å². The Kier molecular flexibility index (Phi) is 4.31. The maximum atomic E-state index is 12.0. The second kappa shape index (κ2) is 5.33. The molecule has 17 heavy (non-hydrogen) atoms. The van der Waals surface area contributed by atoms with Crippen LogP contribution in [0.1, 0.15) is 18.9 Å². The van der Waals surface area contributed by atoms with E-state index in [-0.39, 0.29) is 10.9 Å². The molecule has 0 bridgehead atoms. The lowest BCUT2D eigenvalue weighted by molar-refractivity contribution is 0.562. The molecule has 1 aromatic rings. The fourth-order valence-corrected chi connectivity index (χ4v) is 2.71. The summed E-state index contributed by atoms with van der Waals surface area (Å²) in [7, 11) is -3.50. The minimum absolute atomic E-state index is 0.181. The van der Waals surface area contributed by atoms with Crippen LogP contribution in [0, 0.1) is 6.92 Å². The molecular weight excluding hydrogens is 236 g/mol. The first kappa shape index (κ1) is 13.7. The number of nitrogens with two attached hydrogens (primary N) is 1. The van der Waals surface area contributed by atoms with Gasteiger partial charge in [-0.1, -0.05) is 12.1 Å². The maximum Gasteiger partial charge on any atom is 0.240 e. The molecule has 0 aliphatic heterocycles. The molecule has 1 aromatic carbocycles. The van der Waals surface area contributed by atoms with Gasteiger partial charge in [-0.3, -0.25) is 0 Å². The first-order chi connectivity index (χ1) is 7.86. The molecule has 1 unspecified atom stereocenters. The molecule has 0 radical (unpaired) electrons. The molecule has 5 heteroatoms. The molecule has 0 fully saturated rings. The van der Waals surface area contributed by atoms with Crippen LogP contribution in [0.25, 0.3) is 0 Å². The zero-order valence-corrected chi connectivity index (χ0v) is 10.9. The van der Waals surface area contributed by atoms with Gasteiger partial charge in [0.2, 0.25) is 10.0 Å². The van der Waals surface area contributed by atoms with Crippen molar-refractivity contribution in [3.8, 4) is 0 Å². The minimum Gasteiger partial charge on any atom is -0.398 e. The number of benzene rings is 1. The fraction of sp³-hybridized carbons (Fsp3) is 0.333. The van der Waals surface area contributed by atoms with E-state index in [1.54, 1.807) is 25.1 Å². The summed E-state index contributed by atoms with van der Waals surface area (Å²) >= 11 is 0. The van der Waals surface area contributed by atoms with E-state index in [0.29, 0.717) is 12.1 Å². The summed E-state index contributed by atoms with van der Waals surface area (Å²) in [6, 6.07) is 4.54. The smallest absolute Gasteiger partial charge is 0.240 e. The van der Waals surface area contributed by atoms with Crippen molar-refractivity contribution in [2.75, 3.05) is 5.73 Å². The van der Waals surface area contributed by atoms with Crippen molar-refractivity contribution in [2.45, 2.75) is 31.2 Å². The summed E-state index contributed by atoms with van der Waals surface area (Å²) in [5.74, 6) is 0. The van der Waals surface area contributed by atoms with E-state index in [1.807, 2.05) is 6.92 Å². The Morgan fingerprint density at radius 2 is 2.18 bits per heavy atom. The van der Waals surface area contributed by atoms with E-state index < -0.39 is 10.0 Å². The molecule has 3 N–H and O–H groups in total. The summed E-state index contributed by atoms with van der Waals surface area (Å²) < 4.78 is 26.5. The van der Waals surface area contributed by atoms with E-state index >= 15 is 0 Å². The van der Waals surface area contributed by atoms with Gasteiger partial charge in [-0.25, -0.2) is 13.1 Å². The van der Waals surface area contributed by atoms with E-state index in [2.05, 4.69) is 11.3 Å². The third kappa shape index (κ3) is 3.57. The van der Waals surface area contributed by atoms with Crippen LogP contribution in [0.4, 0.5) is 5.69 Å². The maximum absolute atomic E-state index is 12.0. The van der Waals surface area contributed by atoms with E-state index in [9.17, 15) is 8.42 Å². The number of hydrogen-bond donors (Lipinski definition) is 2. The topological polar surface area (TPSA) is 72.2 Å². The van der Waals surface area contributed by atoms with Crippen molar-refractivity contribution in [1.82, 2.24) is 4.72 Å². The molecule has 0 saturated heterocycles. The van der Waals surface area contributed by atoms with Gasteiger partial charge in [0, 0.05) is 11.7 Å². The van der Waals surface area contributed by atoms with Crippen molar-refractivity contribution in [3.05, 3.63) is 36.4 Å². The van der Waals surface area contributed by atoms with Crippen LogP contribution in [-0.2, 0) is 10.0 Å². The second-order valence-electron chi connectivity index (χ2n) is 4.07. The Labute approximate surface area is 103 Å². The average molecular weight is 254 g/mol. The Bertz CT molecular complexity index is 509. The molecule has 1 atom stereocenters. The summed E-state index contributed by atoms with van der Waals surface area (Å²) in [5.41, 5.74) is 7.04. The lowest BCUT2D eigenvalue weighted by Crippen LogP contribution is -2.32. The minimum atomic E-state index is -3.50. The number of anilines is 1. The Balaban J connectivity index is 2.97. The molecule has 0 aliphatic rings. The predicted molar refractivity (Wildman–Crippen MR) is 70.2 cm³/mol. The van der Waals surface area contributed by atoms with E-state index in [1.165, 1.54) is 6.07 Å². The highest BCUT2D eigenvalue weighted by atomic mass is 32.2. The predicted octanol–water partition coefficient (Wildman–Crippen LogP) is 1.82. The van der Waals surface area contributed by atoms with Crippen molar-refractivity contribution in [3.63, 3.8) is 0 Å². The van der Waals surface area contributed by atoms with Crippen LogP contribution in [0.5, 0.6) is 0 Å². The van der Waals surface area contributed by atoms with Crippen molar-refractivity contribution in [2.24, 2.45) is 0 Å². The van der Waals surface area contributed by atoms with Gasteiger partial charge in [-0.15, -0.1) is 6.58 Å². The molecule has 0 aromatic heterocycles. The molecule has 94 valence electrons. The van der Waals surface area contributed by atoms with Gasteiger partial charge in [0.1, 0.15) is 0 Å². The molecular formula is C12H18N2O2S. The highest BCUT2D eigenvalue weighted by Gasteiger charge is 2.17. The molecule has 0 saturated carbocycles. The van der Waals surface area contributed by atoms with Crippen LogP contribution in [0.15, 0.2) is 35.7 Å². The summed E-state index contributed by atoms with van der Waals surface area (Å²) in [4.78, 5) is 0.191. The van der Waals surface area contributed by atoms with Crippen LogP contribution in [0.3, 0.4) is 0 Å². The summed E-state index contributed by atoms with van der Waals surface area (Å²) in [6.45, 7) is 7.20. The number of aryl methyl sites for hydroxylation is 1. The first-order valence-corrected chi connectivity index (χ1v) is 6.84. The molecule has 0 aliphatic carbocycles. The van der Waals surface area contributed by atoms with Crippen LogP contribution in [0.2, 0.25) is 0 Å². The molecule has 0 spiro atoms. The highest BCUT2D eigenvalue weighted by molar-refractivity contribution is 7.89. The van der Waals surface area contributed by atoms with Gasteiger partial charge < -0.3 is 5.73 Å².